The maximum atomic E-state index is 12.0. The van der Waals surface area contributed by atoms with Crippen LogP contribution in [0.25, 0.3) is 0 Å². The third kappa shape index (κ3) is 4.24. The number of rotatable bonds is 6. The van der Waals surface area contributed by atoms with E-state index in [-0.39, 0.29) is 5.91 Å². The van der Waals surface area contributed by atoms with E-state index in [0.717, 1.165) is 23.3 Å². The van der Waals surface area contributed by atoms with Crippen molar-refractivity contribution in [2.75, 3.05) is 7.11 Å². The van der Waals surface area contributed by atoms with Gasteiger partial charge in [-0.05, 0) is 31.9 Å². The molecule has 0 aromatic heterocycles. The van der Waals surface area contributed by atoms with Crippen molar-refractivity contribution in [1.29, 1.82) is 0 Å². The maximum Gasteiger partial charge on any atom is 0.240 e. The smallest absolute Gasteiger partial charge is 0.240 e. The zero-order chi connectivity index (χ0) is 14.5. The van der Waals surface area contributed by atoms with Crippen molar-refractivity contribution in [3.63, 3.8) is 0 Å². The van der Waals surface area contributed by atoms with Gasteiger partial charge in [0, 0.05) is 12.1 Å². The summed E-state index contributed by atoms with van der Waals surface area (Å²) >= 11 is 0. The number of aryl methyl sites for hydroxylation is 1. The second-order valence-electron chi connectivity index (χ2n) is 5.17. The first kappa shape index (κ1) is 15.5. The van der Waals surface area contributed by atoms with Crippen LogP contribution in [0.3, 0.4) is 0 Å². The third-order valence-corrected chi connectivity index (χ3v) is 3.17. The quantitative estimate of drug-likeness (QED) is 0.827. The summed E-state index contributed by atoms with van der Waals surface area (Å²) in [5.74, 6) is 0.659. The first-order valence-corrected chi connectivity index (χ1v) is 6.61. The number of hydrogen-bond acceptors (Lipinski definition) is 3. The maximum absolute atomic E-state index is 12.0. The van der Waals surface area contributed by atoms with E-state index in [1.165, 1.54) is 0 Å². The standard InChI is InChI=1S/C15H24N2O2/c1-5-8-15(3,16)14(18)17-10-12-7-6-11(2)9-13(12)19-4/h6-7,9H,5,8,10,16H2,1-4H3,(H,17,18). The molecule has 4 nitrogen and oxygen atoms in total. The summed E-state index contributed by atoms with van der Waals surface area (Å²) in [7, 11) is 1.63. The van der Waals surface area contributed by atoms with Crippen molar-refractivity contribution in [2.24, 2.45) is 5.73 Å². The van der Waals surface area contributed by atoms with Crippen LogP contribution in [0.1, 0.15) is 37.8 Å². The molecular formula is C15H24N2O2. The van der Waals surface area contributed by atoms with Crippen LogP contribution in [0.15, 0.2) is 18.2 Å². The molecule has 1 aromatic carbocycles. The summed E-state index contributed by atoms with van der Waals surface area (Å²) in [6.07, 6.45) is 1.55. The number of nitrogens with one attached hydrogen (secondary N) is 1. The lowest BCUT2D eigenvalue weighted by Gasteiger charge is -2.23. The predicted molar refractivity (Wildman–Crippen MR) is 77.1 cm³/mol. The SMILES string of the molecule is CCCC(C)(N)C(=O)NCc1ccc(C)cc1OC. The summed E-state index contributed by atoms with van der Waals surface area (Å²) in [5.41, 5.74) is 7.25. The van der Waals surface area contributed by atoms with Crippen LogP contribution in [0.2, 0.25) is 0 Å². The van der Waals surface area contributed by atoms with Crippen molar-refractivity contribution >= 4 is 5.91 Å². The molecule has 4 heteroatoms. The minimum Gasteiger partial charge on any atom is -0.496 e. The molecule has 0 fully saturated rings. The highest BCUT2D eigenvalue weighted by Crippen LogP contribution is 2.20. The topological polar surface area (TPSA) is 64.4 Å². The lowest BCUT2D eigenvalue weighted by atomic mass is 9.96. The molecule has 0 radical (unpaired) electrons. The molecule has 1 unspecified atom stereocenters. The van der Waals surface area contributed by atoms with E-state index >= 15 is 0 Å². The van der Waals surface area contributed by atoms with E-state index < -0.39 is 5.54 Å². The summed E-state index contributed by atoms with van der Waals surface area (Å²) in [4.78, 5) is 12.0. The van der Waals surface area contributed by atoms with Crippen molar-refractivity contribution in [2.45, 2.75) is 45.7 Å². The summed E-state index contributed by atoms with van der Waals surface area (Å²) in [6, 6.07) is 5.91. The Hall–Kier alpha value is -1.55. The fourth-order valence-corrected chi connectivity index (χ4v) is 2.01. The van der Waals surface area contributed by atoms with Crippen molar-refractivity contribution in [3.05, 3.63) is 29.3 Å². The van der Waals surface area contributed by atoms with Crippen LogP contribution >= 0.6 is 0 Å². The largest absolute Gasteiger partial charge is 0.496 e. The minimum absolute atomic E-state index is 0.128. The number of carbonyl (C=O) groups excluding carboxylic acids is 1. The minimum atomic E-state index is -0.813. The fourth-order valence-electron chi connectivity index (χ4n) is 2.01. The number of hydrogen-bond donors (Lipinski definition) is 2. The average Bonchev–Trinajstić information content (AvgIpc) is 2.36. The van der Waals surface area contributed by atoms with Gasteiger partial charge in [-0.15, -0.1) is 0 Å². The Bertz CT molecular complexity index is 442. The molecule has 0 bridgehead atoms. The molecule has 106 valence electrons. The number of benzene rings is 1. The van der Waals surface area contributed by atoms with Gasteiger partial charge in [0.05, 0.1) is 12.6 Å². The lowest BCUT2D eigenvalue weighted by Crippen LogP contribution is -2.51. The molecule has 0 aliphatic rings. The van der Waals surface area contributed by atoms with Gasteiger partial charge in [0.1, 0.15) is 5.75 Å². The molecule has 1 atom stereocenters. The summed E-state index contributed by atoms with van der Waals surface area (Å²) in [6.45, 7) is 6.21. The molecule has 0 spiro atoms. The molecule has 19 heavy (non-hydrogen) atoms. The number of methoxy groups -OCH3 is 1. The van der Waals surface area contributed by atoms with Crippen molar-refractivity contribution < 1.29 is 9.53 Å². The van der Waals surface area contributed by atoms with E-state index in [0.29, 0.717) is 13.0 Å². The van der Waals surface area contributed by atoms with Gasteiger partial charge in [-0.25, -0.2) is 0 Å². The molecule has 1 aromatic rings. The zero-order valence-electron chi connectivity index (χ0n) is 12.2. The molecular weight excluding hydrogens is 240 g/mol. The predicted octanol–water partition coefficient (Wildman–Crippen LogP) is 2.14. The second kappa shape index (κ2) is 6.57. The number of carbonyl (C=O) groups is 1. The molecule has 1 rings (SSSR count). The van der Waals surface area contributed by atoms with E-state index in [2.05, 4.69) is 5.32 Å². The summed E-state index contributed by atoms with van der Waals surface area (Å²) < 4.78 is 5.31. The van der Waals surface area contributed by atoms with Crippen LogP contribution in [0.5, 0.6) is 5.75 Å². The molecule has 0 aliphatic carbocycles. The van der Waals surface area contributed by atoms with Crippen molar-refractivity contribution in [1.82, 2.24) is 5.32 Å². The zero-order valence-corrected chi connectivity index (χ0v) is 12.2. The Labute approximate surface area is 115 Å². The Kier molecular flexibility index (Phi) is 5.36. The van der Waals surface area contributed by atoms with Crippen LogP contribution in [-0.2, 0) is 11.3 Å². The van der Waals surface area contributed by atoms with Crippen LogP contribution < -0.4 is 15.8 Å². The second-order valence-corrected chi connectivity index (χ2v) is 5.17. The molecule has 0 saturated carbocycles. The number of nitrogens with two attached hydrogens (primary N) is 1. The van der Waals surface area contributed by atoms with Crippen LogP contribution in [0, 0.1) is 6.92 Å². The van der Waals surface area contributed by atoms with Crippen LogP contribution in [0.4, 0.5) is 0 Å². The van der Waals surface area contributed by atoms with Crippen molar-refractivity contribution in [3.8, 4) is 5.75 Å². The number of amides is 1. The van der Waals surface area contributed by atoms with Crippen LogP contribution in [-0.4, -0.2) is 18.6 Å². The fraction of sp³-hybridized carbons (Fsp3) is 0.533. The van der Waals surface area contributed by atoms with E-state index in [1.54, 1.807) is 14.0 Å². The highest BCUT2D eigenvalue weighted by Gasteiger charge is 2.26. The monoisotopic (exact) mass is 264 g/mol. The van der Waals surface area contributed by atoms with E-state index in [1.807, 2.05) is 32.0 Å². The van der Waals surface area contributed by atoms with Gasteiger partial charge in [-0.2, -0.15) is 0 Å². The molecule has 1 amide bonds. The Morgan fingerprint density at radius 3 is 2.74 bits per heavy atom. The molecule has 3 N–H and O–H groups in total. The summed E-state index contributed by atoms with van der Waals surface area (Å²) in [5, 5.41) is 2.87. The van der Waals surface area contributed by atoms with E-state index in [9.17, 15) is 4.79 Å². The Balaban J connectivity index is 2.69. The van der Waals surface area contributed by atoms with Gasteiger partial charge in [0.25, 0.3) is 0 Å². The highest BCUT2D eigenvalue weighted by molar-refractivity contribution is 5.85. The van der Waals surface area contributed by atoms with E-state index in [4.69, 9.17) is 10.5 Å². The van der Waals surface area contributed by atoms with Gasteiger partial charge < -0.3 is 15.8 Å². The highest BCUT2D eigenvalue weighted by atomic mass is 16.5. The Morgan fingerprint density at radius 2 is 2.16 bits per heavy atom. The Morgan fingerprint density at radius 1 is 1.47 bits per heavy atom. The lowest BCUT2D eigenvalue weighted by molar-refractivity contribution is -0.126. The van der Waals surface area contributed by atoms with Gasteiger partial charge in [-0.3, -0.25) is 4.79 Å². The van der Waals surface area contributed by atoms with Gasteiger partial charge in [0.15, 0.2) is 0 Å². The molecule has 0 aliphatic heterocycles. The van der Waals surface area contributed by atoms with Gasteiger partial charge >= 0.3 is 0 Å². The third-order valence-electron chi connectivity index (χ3n) is 3.17. The molecule has 0 saturated heterocycles. The average molecular weight is 264 g/mol. The first-order chi connectivity index (χ1) is 8.90. The normalized spacial score (nSPS) is 13.7. The molecule has 0 heterocycles. The van der Waals surface area contributed by atoms with Gasteiger partial charge in [0.2, 0.25) is 5.91 Å². The number of ether oxygens (including phenoxy) is 1. The first-order valence-electron chi connectivity index (χ1n) is 6.61. The van der Waals surface area contributed by atoms with Gasteiger partial charge in [-0.1, -0.05) is 25.5 Å².